The molecule has 0 aliphatic rings. The first-order valence-electron chi connectivity index (χ1n) is 10.8. The van der Waals surface area contributed by atoms with Crippen molar-refractivity contribution in [1.82, 2.24) is 24.9 Å². The van der Waals surface area contributed by atoms with Crippen LogP contribution in [0.2, 0.25) is 0 Å². The minimum absolute atomic E-state index is 0.106. The first-order valence-corrected chi connectivity index (χ1v) is 10.8. The molecule has 1 unspecified atom stereocenters. The van der Waals surface area contributed by atoms with E-state index in [1.807, 2.05) is 62.4 Å². The van der Waals surface area contributed by atoms with Crippen LogP contribution < -0.4 is 10.9 Å². The number of aryl methyl sites for hydroxylation is 3. The van der Waals surface area contributed by atoms with Crippen molar-refractivity contribution in [3.05, 3.63) is 88.0 Å². The van der Waals surface area contributed by atoms with Gasteiger partial charge in [0.05, 0.1) is 29.0 Å². The van der Waals surface area contributed by atoms with E-state index in [-0.39, 0.29) is 30.3 Å². The number of carbonyl (C=O) groups is 1. The van der Waals surface area contributed by atoms with E-state index in [0.717, 1.165) is 22.5 Å². The third-order valence-electron chi connectivity index (χ3n) is 5.71. The second kappa shape index (κ2) is 9.18. The molecule has 1 atom stereocenters. The SMILES string of the molecule is Cc1nn(CCC(=O)NCC(C)c2ccccc2)c(=O)c2nn(-c3ccccc3)c(C)c12. The summed E-state index contributed by atoms with van der Waals surface area (Å²) in [5.41, 5.74) is 3.74. The van der Waals surface area contributed by atoms with E-state index in [4.69, 9.17) is 0 Å². The molecule has 2 aromatic heterocycles. The average Bonchev–Trinajstić information content (AvgIpc) is 3.18. The number of benzene rings is 2. The molecule has 4 aromatic rings. The monoisotopic (exact) mass is 429 g/mol. The number of hydrogen-bond donors (Lipinski definition) is 1. The van der Waals surface area contributed by atoms with Crippen LogP contribution in [-0.2, 0) is 11.3 Å². The van der Waals surface area contributed by atoms with E-state index in [1.54, 1.807) is 4.68 Å². The Hall–Kier alpha value is -3.74. The summed E-state index contributed by atoms with van der Waals surface area (Å²) in [6.45, 7) is 6.62. The molecule has 0 saturated heterocycles. The lowest BCUT2D eigenvalue weighted by atomic mass is 10.0. The largest absolute Gasteiger partial charge is 0.355 e. The Bertz CT molecular complexity index is 1290. The molecule has 7 heteroatoms. The summed E-state index contributed by atoms with van der Waals surface area (Å²) in [4.78, 5) is 25.4. The second-order valence-corrected chi connectivity index (χ2v) is 8.04. The number of hydrogen-bond acceptors (Lipinski definition) is 4. The quantitative estimate of drug-likeness (QED) is 0.487. The van der Waals surface area contributed by atoms with Crippen LogP contribution in [0.5, 0.6) is 0 Å². The average molecular weight is 430 g/mol. The summed E-state index contributed by atoms with van der Waals surface area (Å²) in [5, 5.41) is 12.7. The van der Waals surface area contributed by atoms with Crippen molar-refractivity contribution in [3.8, 4) is 5.69 Å². The molecule has 0 spiro atoms. The van der Waals surface area contributed by atoms with Crippen molar-refractivity contribution in [3.63, 3.8) is 0 Å². The first kappa shape index (κ1) is 21.5. The van der Waals surface area contributed by atoms with Gasteiger partial charge in [0.25, 0.3) is 5.56 Å². The predicted molar refractivity (Wildman–Crippen MR) is 125 cm³/mol. The first-order chi connectivity index (χ1) is 15.5. The fourth-order valence-corrected chi connectivity index (χ4v) is 3.92. The summed E-state index contributed by atoms with van der Waals surface area (Å²) in [7, 11) is 0. The highest BCUT2D eigenvalue weighted by Crippen LogP contribution is 2.21. The van der Waals surface area contributed by atoms with Crippen molar-refractivity contribution in [2.75, 3.05) is 6.54 Å². The standard InChI is InChI=1S/C25H27N5O2/c1-17(20-10-6-4-7-11-20)16-26-22(31)14-15-29-25(32)24-23(18(2)27-29)19(3)30(28-24)21-12-8-5-9-13-21/h4-13,17H,14-16H2,1-3H3,(H,26,31). The van der Waals surface area contributed by atoms with E-state index >= 15 is 0 Å². The van der Waals surface area contributed by atoms with E-state index in [2.05, 4.69) is 34.6 Å². The lowest BCUT2D eigenvalue weighted by molar-refractivity contribution is -0.121. The van der Waals surface area contributed by atoms with Crippen molar-refractivity contribution < 1.29 is 4.79 Å². The molecule has 0 aliphatic heterocycles. The van der Waals surface area contributed by atoms with Gasteiger partial charge in [-0.1, -0.05) is 55.5 Å². The normalized spacial score (nSPS) is 12.1. The van der Waals surface area contributed by atoms with Gasteiger partial charge in [-0.3, -0.25) is 9.59 Å². The lowest BCUT2D eigenvalue weighted by Gasteiger charge is -2.13. The number of nitrogens with one attached hydrogen (secondary N) is 1. The Morgan fingerprint density at radius 2 is 1.66 bits per heavy atom. The molecule has 0 bridgehead atoms. The van der Waals surface area contributed by atoms with Gasteiger partial charge in [-0.25, -0.2) is 9.36 Å². The highest BCUT2D eigenvalue weighted by Gasteiger charge is 2.18. The van der Waals surface area contributed by atoms with Crippen LogP contribution in [0.1, 0.15) is 36.2 Å². The zero-order valence-electron chi connectivity index (χ0n) is 18.6. The maximum absolute atomic E-state index is 13.0. The summed E-state index contributed by atoms with van der Waals surface area (Å²) >= 11 is 0. The number of carbonyl (C=O) groups excluding carboxylic acids is 1. The van der Waals surface area contributed by atoms with Gasteiger partial charge in [0.1, 0.15) is 0 Å². The number of aromatic nitrogens is 4. The molecular weight excluding hydrogens is 402 g/mol. The smallest absolute Gasteiger partial charge is 0.295 e. The van der Waals surface area contributed by atoms with E-state index < -0.39 is 0 Å². The predicted octanol–water partition coefficient (Wildman–Crippen LogP) is 3.51. The van der Waals surface area contributed by atoms with Crippen molar-refractivity contribution in [1.29, 1.82) is 0 Å². The van der Waals surface area contributed by atoms with Gasteiger partial charge in [-0.2, -0.15) is 10.2 Å². The number of fused-ring (bicyclic) bond motifs is 1. The number of nitrogens with zero attached hydrogens (tertiary/aromatic N) is 4. The molecule has 32 heavy (non-hydrogen) atoms. The molecule has 7 nitrogen and oxygen atoms in total. The van der Waals surface area contributed by atoms with Crippen LogP contribution in [0, 0.1) is 13.8 Å². The summed E-state index contributed by atoms with van der Waals surface area (Å²) in [5.74, 6) is 0.106. The maximum atomic E-state index is 13.0. The van der Waals surface area contributed by atoms with Gasteiger partial charge >= 0.3 is 0 Å². The van der Waals surface area contributed by atoms with Crippen LogP contribution in [-0.4, -0.2) is 32.0 Å². The van der Waals surface area contributed by atoms with Gasteiger partial charge < -0.3 is 5.32 Å². The van der Waals surface area contributed by atoms with Crippen molar-refractivity contribution in [2.24, 2.45) is 0 Å². The zero-order valence-corrected chi connectivity index (χ0v) is 18.6. The molecule has 2 heterocycles. The maximum Gasteiger partial charge on any atom is 0.295 e. The molecule has 0 aliphatic carbocycles. The summed E-state index contributed by atoms with van der Waals surface area (Å²) < 4.78 is 3.11. The van der Waals surface area contributed by atoms with Crippen LogP contribution in [0.25, 0.3) is 16.6 Å². The highest BCUT2D eigenvalue weighted by molar-refractivity contribution is 5.83. The Balaban J connectivity index is 1.48. The van der Waals surface area contributed by atoms with Crippen LogP contribution in [0.4, 0.5) is 0 Å². The molecule has 1 N–H and O–H groups in total. The Morgan fingerprint density at radius 1 is 1.00 bits per heavy atom. The minimum Gasteiger partial charge on any atom is -0.355 e. The second-order valence-electron chi connectivity index (χ2n) is 8.04. The van der Waals surface area contributed by atoms with Gasteiger partial charge in [0.2, 0.25) is 5.91 Å². The topological polar surface area (TPSA) is 81.8 Å². The van der Waals surface area contributed by atoms with E-state index in [1.165, 1.54) is 10.2 Å². The Morgan fingerprint density at radius 3 is 2.34 bits per heavy atom. The Labute approximate surface area is 186 Å². The Kier molecular flexibility index (Phi) is 6.16. The summed E-state index contributed by atoms with van der Waals surface area (Å²) in [6.07, 6.45) is 0.178. The van der Waals surface area contributed by atoms with Crippen LogP contribution in [0.3, 0.4) is 0 Å². The molecule has 4 rings (SSSR count). The molecule has 164 valence electrons. The van der Waals surface area contributed by atoms with Gasteiger partial charge in [0.15, 0.2) is 5.52 Å². The number of para-hydroxylation sites is 1. The third kappa shape index (κ3) is 4.32. The molecule has 2 aromatic carbocycles. The fourth-order valence-electron chi connectivity index (χ4n) is 3.92. The van der Waals surface area contributed by atoms with E-state index in [0.29, 0.717) is 12.1 Å². The molecule has 0 radical (unpaired) electrons. The van der Waals surface area contributed by atoms with Gasteiger partial charge in [-0.05, 0) is 37.5 Å². The fraction of sp³-hybridized carbons (Fsp3) is 0.280. The zero-order chi connectivity index (χ0) is 22.7. The minimum atomic E-state index is -0.283. The van der Waals surface area contributed by atoms with Crippen molar-refractivity contribution in [2.45, 2.75) is 39.7 Å². The number of rotatable bonds is 7. The third-order valence-corrected chi connectivity index (χ3v) is 5.71. The molecular formula is C25H27N5O2. The van der Waals surface area contributed by atoms with Crippen LogP contribution in [0.15, 0.2) is 65.5 Å². The highest BCUT2D eigenvalue weighted by atomic mass is 16.2. The van der Waals surface area contributed by atoms with E-state index in [9.17, 15) is 9.59 Å². The molecule has 0 saturated carbocycles. The van der Waals surface area contributed by atoms with Crippen LogP contribution >= 0.6 is 0 Å². The lowest BCUT2D eigenvalue weighted by Crippen LogP contribution is -2.31. The van der Waals surface area contributed by atoms with Gasteiger partial charge in [-0.15, -0.1) is 0 Å². The summed E-state index contributed by atoms with van der Waals surface area (Å²) in [6, 6.07) is 19.8. The van der Waals surface area contributed by atoms with Crippen molar-refractivity contribution >= 4 is 16.8 Å². The number of amides is 1. The van der Waals surface area contributed by atoms with Gasteiger partial charge in [0, 0.05) is 13.0 Å². The molecule has 1 amide bonds. The molecule has 0 fully saturated rings.